The number of carbonyl (C=O) groups excluding carboxylic acids is 1. The van der Waals surface area contributed by atoms with Crippen molar-refractivity contribution >= 4 is 34.6 Å². The third kappa shape index (κ3) is 3.79. The molecule has 1 amide bonds. The highest BCUT2D eigenvalue weighted by Crippen LogP contribution is 2.29. The van der Waals surface area contributed by atoms with Gasteiger partial charge in [-0.15, -0.1) is 0 Å². The Morgan fingerprint density at radius 3 is 2.57 bits per heavy atom. The molecule has 0 atom stereocenters. The number of rotatable bonds is 4. The fourth-order valence-electron chi connectivity index (χ4n) is 2.75. The van der Waals surface area contributed by atoms with Crippen LogP contribution in [0.15, 0.2) is 76.8 Å². The molecule has 28 heavy (non-hydrogen) atoms. The number of phenols is 1. The molecular weight excluding hydrogens is 374 g/mol. The van der Waals surface area contributed by atoms with E-state index in [1.807, 2.05) is 65.4 Å². The van der Waals surface area contributed by atoms with Crippen LogP contribution < -0.4 is 10.1 Å². The van der Waals surface area contributed by atoms with E-state index in [2.05, 4.69) is 10.3 Å². The average Bonchev–Trinajstić information content (AvgIpc) is 3.30. The van der Waals surface area contributed by atoms with Gasteiger partial charge in [0.2, 0.25) is 0 Å². The number of thioether (sulfide) groups is 1. The molecule has 140 valence electrons. The summed E-state index contributed by atoms with van der Waals surface area (Å²) in [6.45, 7) is 0. The average molecular weight is 391 g/mol. The maximum atomic E-state index is 12.4. The summed E-state index contributed by atoms with van der Waals surface area (Å²) < 4.78 is 7.08. The summed E-state index contributed by atoms with van der Waals surface area (Å²) in [6.07, 6.45) is 3.73. The molecule has 0 bridgehead atoms. The van der Waals surface area contributed by atoms with Crippen molar-refractivity contribution in [2.75, 3.05) is 7.11 Å². The topological polar surface area (TPSA) is 75.8 Å². The zero-order valence-electron chi connectivity index (χ0n) is 15.0. The highest BCUT2D eigenvalue weighted by molar-refractivity contribution is 8.18. The Bertz CT molecular complexity index is 1070. The lowest BCUT2D eigenvalue weighted by atomic mass is 10.3. The minimum atomic E-state index is -0.185. The molecule has 7 heteroatoms. The predicted molar refractivity (Wildman–Crippen MR) is 111 cm³/mol. The van der Waals surface area contributed by atoms with Gasteiger partial charge in [-0.2, -0.15) is 0 Å². The van der Waals surface area contributed by atoms with Gasteiger partial charge in [-0.05, 0) is 78.5 Å². The number of carbonyl (C=O) groups is 1. The first-order chi connectivity index (χ1) is 13.6. The van der Waals surface area contributed by atoms with Crippen molar-refractivity contribution < 1.29 is 14.6 Å². The van der Waals surface area contributed by atoms with Crippen LogP contribution in [0.4, 0.5) is 5.69 Å². The second kappa shape index (κ2) is 7.66. The van der Waals surface area contributed by atoms with Crippen LogP contribution in [0.1, 0.15) is 5.69 Å². The Labute approximate surface area is 166 Å². The van der Waals surface area contributed by atoms with E-state index in [0.29, 0.717) is 10.1 Å². The molecule has 2 heterocycles. The van der Waals surface area contributed by atoms with E-state index in [0.717, 1.165) is 22.8 Å². The number of hydrogen-bond donors (Lipinski definition) is 2. The molecule has 2 N–H and O–H groups in total. The normalized spacial score (nSPS) is 16.5. The van der Waals surface area contributed by atoms with Crippen LogP contribution in [0, 0.1) is 0 Å². The summed E-state index contributed by atoms with van der Waals surface area (Å²) in [4.78, 5) is 17.4. The number of amides is 1. The smallest absolute Gasteiger partial charge is 0.264 e. The van der Waals surface area contributed by atoms with Crippen LogP contribution in [0.5, 0.6) is 11.5 Å². The number of ether oxygens (including phenoxy) is 1. The molecular formula is C21H17N3O3S. The molecule has 3 aromatic rings. The van der Waals surface area contributed by atoms with Crippen LogP contribution in [0.25, 0.3) is 11.8 Å². The van der Waals surface area contributed by atoms with Gasteiger partial charge in [-0.25, -0.2) is 4.99 Å². The molecule has 4 rings (SSSR count). The molecule has 0 spiro atoms. The third-order valence-electron chi connectivity index (χ3n) is 4.14. The minimum Gasteiger partial charge on any atom is -0.508 e. The highest BCUT2D eigenvalue weighted by Gasteiger charge is 2.24. The van der Waals surface area contributed by atoms with E-state index in [1.165, 1.54) is 11.8 Å². The molecule has 0 aliphatic carbocycles. The third-order valence-corrected chi connectivity index (χ3v) is 5.05. The monoisotopic (exact) mass is 391 g/mol. The summed E-state index contributed by atoms with van der Waals surface area (Å²) in [6, 6.07) is 18.0. The summed E-state index contributed by atoms with van der Waals surface area (Å²) in [5.74, 6) is 0.777. The molecule has 6 nitrogen and oxygen atoms in total. The van der Waals surface area contributed by atoms with Gasteiger partial charge in [0, 0.05) is 17.6 Å². The number of aromatic hydroxyl groups is 1. The Morgan fingerprint density at radius 1 is 1.11 bits per heavy atom. The number of methoxy groups -OCH3 is 1. The summed E-state index contributed by atoms with van der Waals surface area (Å²) in [5, 5.41) is 12.8. The second-order valence-corrected chi connectivity index (χ2v) is 7.03. The summed E-state index contributed by atoms with van der Waals surface area (Å²) >= 11 is 1.29. The quantitative estimate of drug-likeness (QED) is 0.657. The molecule has 1 fully saturated rings. The zero-order valence-corrected chi connectivity index (χ0v) is 15.8. The van der Waals surface area contributed by atoms with Crippen molar-refractivity contribution in [3.63, 3.8) is 0 Å². The van der Waals surface area contributed by atoms with E-state index in [4.69, 9.17) is 4.74 Å². The molecule has 0 radical (unpaired) electrons. The van der Waals surface area contributed by atoms with Crippen molar-refractivity contribution in [3.8, 4) is 17.2 Å². The number of phenolic OH excluding ortho intramolecular Hbond substituents is 1. The molecule has 0 saturated carbocycles. The van der Waals surface area contributed by atoms with Crippen LogP contribution in [-0.4, -0.2) is 27.9 Å². The number of nitrogens with one attached hydrogen (secondary N) is 1. The molecule has 2 aromatic carbocycles. The number of hydrogen-bond acceptors (Lipinski definition) is 5. The van der Waals surface area contributed by atoms with Gasteiger partial charge in [-0.1, -0.05) is 0 Å². The number of amidine groups is 1. The van der Waals surface area contributed by atoms with E-state index in [-0.39, 0.29) is 11.7 Å². The van der Waals surface area contributed by atoms with Crippen molar-refractivity contribution in [3.05, 3.63) is 77.5 Å². The lowest BCUT2D eigenvalue weighted by molar-refractivity contribution is -0.115. The number of nitrogens with zero attached hydrogens (tertiary/aromatic N) is 2. The van der Waals surface area contributed by atoms with E-state index >= 15 is 0 Å². The Hall–Kier alpha value is -3.45. The maximum Gasteiger partial charge on any atom is 0.264 e. The maximum absolute atomic E-state index is 12.4. The highest BCUT2D eigenvalue weighted by atomic mass is 32.2. The Kier molecular flexibility index (Phi) is 4.90. The summed E-state index contributed by atoms with van der Waals surface area (Å²) in [7, 11) is 1.61. The van der Waals surface area contributed by atoms with Gasteiger partial charge in [0.25, 0.3) is 5.91 Å². The first-order valence-electron chi connectivity index (χ1n) is 8.53. The van der Waals surface area contributed by atoms with Crippen LogP contribution in [-0.2, 0) is 4.79 Å². The Balaban J connectivity index is 1.58. The van der Waals surface area contributed by atoms with Crippen molar-refractivity contribution in [1.82, 2.24) is 9.88 Å². The van der Waals surface area contributed by atoms with Crippen LogP contribution >= 0.6 is 11.8 Å². The van der Waals surface area contributed by atoms with Gasteiger partial charge in [0.05, 0.1) is 17.7 Å². The number of aromatic nitrogens is 1. The fourth-order valence-corrected chi connectivity index (χ4v) is 3.58. The molecule has 1 saturated heterocycles. The van der Waals surface area contributed by atoms with Gasteiger partial charge < -0.3 is 19.7 Å². The summed E-state index contributed by atoms with van der Waals surface area (Å²) in [5.41, 5.74) is 2.48. The second-order valence-electron chi connectivity index (χ2n) is 6.00. The SMILES string of the molecule is COc1ccc(N=C2NC(=O)/C(=C\c3cccn3-c3ccc(O)cc3)S2)cc1. The largest absolute Gasteiger partial charge is 0.508 e. The first-order valence-corrected chi connectivity index (χ1v) is 9.34. The lowest BCUT2D eigenvalue weighted by Crippen LogP contribution is -2.19. The van der Waals surface area contributed by atoms with Crippen LogP contribution in [0.2, 0.25) is 0 Å². The molecule has 1 aliphatic rings. The molecule has 1 aromatic heterocycles. The Morgan fingerprint density at radius 2 is 1.86 bits per heavy atom. The molecule has 0 unspecified atom stereocenters. The van der Waals surface area contributed by atoms with Gasteiger partial charge in [0.1, 0.15) is 11.5 Å². The molecule has 1 aliphatic heterocycles. The lowest BCUT2D eigenvalue weighted by Gasteiger charge is -2.06. The van der Waals surface area contributed by atoms with Gasteiger partial charge in [0.15, 0.2) is 5.17 Å². The van der Waals surface area contributed by atoms with Crippen molar-refractivity contribution in [2.24, 2.45) is 4.99 Å². The fraction of sp³-hybridized carbons (Fsp3) is 0.0476. The number of benzene rings is 2. The zero-order chi connectivity index (χ0) is 19.5. The van der Waals surface area contributed by atoms with Gasteiger partial charge >= 0.3 is 0 Å². The van der Waals surface area contributed by atoms with E-state index in [9.17, 15) is 9.90 Å². The standard InChI is InChI=1S/C21H17N3O3S/c1-27-18-10-4-14(5-11-18)22-21-23-20(26)19(28-21)13-16-3-2-12-24(16)15-6-8-17(25)9-7-15/h2-13,25H,1H3,(H,22,23,26)/b19-13+. The van der Waals surface area contributed by atoms with E-state index < -0.39 is 0 Å². The first kappa shape index (κ1) is 17.9. The van der Waals surface area contributed by atoms with Crippen molar-refractivity contribution in [2.45, 2.75) is 0 Å². The van der Waals surface area contributed by atoms with Crippen molar-refractivity contribution in [1.29, 1.82) is 0 Å². The van der Waals surface area contributed by atoms with Gasteiger partial charge in [-0.3, -0.25) is 4.79 Å². The number of aliphatic imine (C=N–C) groups is 1. The minimum absolute atomic E-state index is 0.185. The predicted octanol–water partition coefficient (Wildman–Crippen LogP) is 4.08. The van der Waals surface area contributed by atoms with Crippen LogP contribution in [0.3, 0.4) is 0 Å². The van der Waals surface area contributed by atoms with E-state index in [1.54, 1.807) is 19.2 Å².